The summed E-state index contributed by atoms with van der Waals surface area (Å²) in [5.74, 6) is -0.226. The Balaban J connectivity index is 1.69. The lowest BCUT2D eigenvalue weighted by Crippen LogP contribution is -2.35. The number of thiophene rings is 2. The lowest BCUT2D eigenvalue weighted by atomic mass is 10.2. The van der Waals surface area contributed by atoms with E-state index in [1.54, 1.807) is 35.7 Å². The third-order valence-electron chi connectivity index (χ3n) is 3.85. The molecule has 0 atom stereocenters. The van der Waals surface area contributed by atoms with Crippen LogP contribution in [-0.2, 0) is 13.0 Å². The first kappa shape index (κ1) is 18.0. The van der Waals surface area contributed by atoms with Crippen LogP contribution in [0, 0.1) is 12.7 Å². The third kappa shape index (κ3) is 5.11. The van der Waals surface area contributed by atoms with Crippen LogP contribution in [0.4, 0.5) is 10.1 Å². The summed E-state index contributed by atoms with van der Waals surface area (Å²) in [6.07, 6.45) is 0.938. The van der Waals surface area contributed by atoms with Gasteiger partial charge in [-0.25, -0.2) is 4.39 Å². The van der Waals surface area contributed by atoms with Gasteiger partial charge in [-0.15, -0.1) is 22.7 Å². The number of nitrogens with one attached hydrogen (secondary N) is 1. The quantitative estimate of drug-likeness (QED) is 0.544. The highest BCUT2D eigenvalue weighted by Gasteiger charge is 2.12. The van der Waals surface area contributed by atoms with Gasteiger partial charge in [0.2, 0.25) is 0 Å². The molecule has 0 amide bonds. The predicted octanol–water partition coefficient (Wildman–Crippen LogP) is 5.70. The van der Waals surface area contributed by atoms with Crippen molar-refractivity contribution in [1.82, 2.24) is 4.90 Å². The zero-order valence-corrected chi connectivity index (χ0v) is 16.3. The average molecular weight is 391 g/mol. The predicted molar refractivity (Wildman–Crippen MR) is 110 cm³/mol. The third-order valence-corrected chi connectivity index (χ3v) is 6.00. The zero-order valence-electron chi connectivity index (χ0n) is 13.9. The minimum Gasteiger partial charge on any atom is -0.344 e. The molecule has 3 rings (SSSR count). The molecule has 25 heavy (non-hydrogen) atoms. The topological polar surface area (TPSA) is 15.3 Å². The van der Waals surface area contributed by atoms with Crippen LogP contribution in [0.5, 0.6) is 0 Å². The molecule has 0 saturated heterocycles. The van der Waals surface area contributed by atoms with Gasteiger partial charge in [-0.3, -0.25) is 0 Å². The van der Waals surface area contributed by atoms with Crippen LogP contribution in [0.2, 0.25) is 0 Å². The first-order chi connectivity index (χ1) is 12.1. The summed E-state index contributed by atoms with van der Waals surface area (Å²) in [5.41, 5.74) is 1.31. The van der Waals surface area contributed by atoms with Crippen LogP contribution < -0.4 is 5.32 Å². The van der Waals surface area contributed by atoms with Crippen LogP contribution in [-0.4, -0.2) is 16.6 Å². The van der Waals surface area contributed by atoms with Gasteiger partial charge in [0, 0.05) is 22.0 Å². The molecular weight excluding hydrogens is 371 g/mol. The minimum atomic E-state index is -0.226. The fourth-order valence-corrected chi connectivity index (χ4v) is 4.11. The smallest absolute Gasteiger partial charge is 0.173 e. The van der Waals surface area contributed by atoms with Crippen molar-refractivity contribution in [2.45, 2.75) is 19.9 Å². The summed E-state index contributed by atoms with van der Waals surface area (Å²) in [5, 5.41) is 7.95. The van der Waals surface area contributed by atoms with E-state index in [9.17, 15) is 4.39 Å². The molecule has 0 bridgehead atoms. The maximum atomic E-state index is 13.8. The molecule has 2 heterocycles. The van der Waals surface area contributed by atoms with Crippen molar-refractivity contribution in [3.05, 3.63) is 74.4 Å². The van der Waals surface area contributed by atoms with E-state index >= 15 is 0 Å². The first-order valence-corrected chi connectivity index (χ1v) is 10.2. The van der Waals surface area contributed by atoms with E-state index in [-0.39, 0.29) is 5.82 Å². The Morgan fingerprint density at radius 2 is 1.84 bits per heavy atom. The Hall–Kier alpha value is -1.76. The molecule has 0 spiro atoms. The highest BCUT2D eigenvalue weighted by Crippen LogP contribution is 2.18. The second-order valence-electron chi connectivity index (χ2n) is 5.72. The summed E-state index contributed by atoms with van der Waals surface area (Å²) < 4.78 is 13.8. The number of hydrogen-bond acceptors (Lipinski definition) is 3. The Kier molecular flexibility index (Phi) is 6.18. The maximum Gasteiger partial charge on any atom is 0.173 e. The van der Waals surface area contributed by atoms with Gasteiger partial charge < -0.3 is 10.2 Å². The minimum absolute atomic E-state index is 0.226. The zero-order chi connectivity index (χ0) is 17.6. The lowest BCUT2D eigenvalue weighted by molar-refractivity contribution is 0.428. The standard InChI is InChI=1S/C19H19FN2S3/c1-14-6-7-15(12-18(14)20)21-19(23)22(13-17-5-3-11-25-17)9-8-16-4-2-10-24-16/h2-7,10-12H,8-9,13H2,1H3,(H,21,23). The van der Waals surface area contributed by atoms with Crippen molar-refractivity contribution >= 4 is 45.7 Å². The number of hydrogen-bond donors (Lipinski definition) is 1. The van der Waals surface area contributed by atoms with Gasteiger partial charge in [-0.05, 0) is 66.2 Å². The van der Waals surface area contributed by atoms with Gasteiger partial charge in [-0.2, -0.15) is 0 Å². The Labute approximate surface area is 160 Å². The highest BCUT2D eigenvalue weighted by atomic mass is 32.1. The Morgan fingerprint density at radius 3 is 2.48 bits per heavy atom. The van der Waals surface area contributed by atoms with E-state index in [1.807, 2.05) is 12.1 Å². The van der Waals surface area contributed by atoms with Crippen LogP contribution >= 0.6 is 34.9 Å². The number of halogens is 1. The molecule has 0 radical (unpaired) electrons. The molecule has 0 aliphatic heterocycles. The molecule has 0 saturated carbocycles. The van der Waals surface area contributed by atoms with Crippen molar-refractivity contribution in [1.29, 1.82) is 0 Å². The van der Waals surface area contributed by atoms with Crippen molar-refractivity contribution in [3.8, 4) is 0 Å². The van der Waals surface area contributed by atoms with Crippen molar-refractivity contribution in [2.75, 3.05) is 11.9 Å². The van der Waals surface area contributed by atoms with Gasteiger partial charge >= 0.3 is 0 Å². The first-order valence-electron chi connectivity index (χ1n) is 7.98. The van der Waals surface area contributed by atoms with E-state index in [0.717, 1.165) is 19.5 Å². The molecular formula is C19H19FN2S3. The van der Waals surface area contributed by atoms with E-state index in [0.29, 0.717) is 16.4 Å². The van der Waals surface area contributed by atoms with E-state index < -0.39 is 0 Å². The molecule has 3 aromatic rings. The number of thiocarbonyl (C=S) groups is 1. The maximum absolute atomic E-state index is 13.8. The van der Waals surface area contributed by atoms with Crippen molar-refractivity contribution < 1.29 is 4.39 Å². The van der Waals surface area contributed by atoms with Crippen LogP contribution in [0.1, 0.15) is 15.3 Å². The Bertz CT molecular complexity index is 813. The van der Waals surface area contributed by atoms with Crippen LogP contribution in [0.25, 0.3) is 0 Å². The molecule has 6 heteroatoms. The second-order valence-corrected chi connectivity index (χ2v) is 8.18. The van der Waals surface area contributed by atoms with Gasteiger partial charge in [0.15, 0.2) is 5.11 Å². The number of benzene rings is 1. The fourth-order valence-electron chi connectivity index (χ4n) is 2.42. The summed E-state index contributed by atoms with van der Waals surface area (Å²) in [7, 11) is 0. The largest absolute Gasteiger partial charge is 0.344 e. The highest BCUT2D eigenvalue weighted by molar-refractivity contribution is 7.80. The van der Waals surface area contributed by atoms with Crippen LogP contribution in [0.3, 0.4) is 0 Å². The van der Waals surface area contributed by atoms with E-state index in [1.165, 1.54) is 15.8 Å². The molecule has 0 aliphatic rings. The number of nitrogens with zero attached hydrogens (tertiary/aromatic N) is 1. The molecule has 0 unspecified atom stereocenters. The molecule has 2 nitrogen and oxygen atoms in total. The molecule has 130 valence electrons. The monoisotopic (exact) mass is 390 g/mol. The van der Waals surface area contributed by atoms with Gasteiger partial charge in [0.05, 0.1) is 6.54 Å². The van der Waals surface area contributed by atoms with E-state index in [4.69, 9.17) is 12.2 Å². The molecule has 1 aromatic carbocycles. The summed E-state index contributed by atoms with van der Waals surface area (Å²) >= 11 is 9.07. The molecule has 2 aromatic heterocycles. The number of aryl methyl sites for hydroxylation is 1. The number of anilines is 1. The van der Waals surface area contributed by atoms with Crippen molar-refractivity contribution in [3.63, 3.8) is 0 Å². The summed E-state index contributed by atoms with van der Waals surface area (Å²) in [4.78, 5) is 4.73. The fraction of sp³-hybridized carbons (Fsp3) is 0.211. The second kappa shape index (κ2) is 8.56. The van der Waals surface area contributed by atoms with Gasteiger partial charge in [-0.1, -0.05) is 18.2 Å². The number of rotatable bonds is 6. The SMILES string of the molecule is Cc1ccc(NC(=S)N(CCc2cccs2)Cc2cccs2)cc1F. The average Bonchev–Trinajstić information content (AvgIpc) is 3.28. The van der Waals surface area contributed by atoms with Gasteiger partial charge in [0.25, 0.3) is 0 Å². The summed E-state index contributed by atoms with van der Waals surface area (Å²) in [6, 6.07) is 13.5. The Morgan fingerprint density at radius 1 is 1.12 bits per heavy atom. The normalized spacial score (nSPS) is 10.6. The molecule has 1 N–H and O–H groups in total. The molecule has 0 fully saturated rings. The van der Waals surface area contributed by atoms with Crippen LogP contribution in [0.15, 0.2) is 53.2 Å². The van der Waals surface area contributed by atoms with E-state index in [2.05, 4.69) is 39.2 Å². The molecule has 0 aliphatic carbocycles. The van der Waals surface area contributed by atoms with Crippen molar-refractivity contribution in [2.24, 2.45) is 0 Å². The summed E-state index contributed by atoms with van der Waals surface area (Å²) in [6.45, 7) is 3.32. The lowest BCUT2D eigenvalue weighted by Gasteiger charge is -2.25. The van der Waals surface area contributed by atoms with Gasteiger partial charge in [0.1, 0.15) is 5.82 Å².